The van der Waals surface area contributed by atoms with Crippen molar-refractivity contribution in [3.63, 3.8) is 0 Å². The van der Waals surface area contributed by atoms with Crippen LogP contribution < -0.4 is 0 Å². The predicted octanol–water partition coefficient (Wildman–Crippen LogP) is 27.5. The molecule has 0 atom stereocenters. The van der Waals surface area contributed by atoms with E-state index in [4.69, 9.17) is 5.26 Å². The normalized spacial score (nSPS) is 10.4. The lowest BCUT2D eigenvalue weighted by Gasteiger charge is -2.21. The van der Waals surface area contributed by atoms with Crippen LogP contribution in [0.25, 0.3) is 22.3 Å². The van der Waals surface area contributed by atoms with Gasteiger partial charge in [0.15, 0.2) is 0 Å². The SMILES string of the molecule is Cc1cc(C#N)cc(C)c1C.Cc1cc(C)cc(C)c1.Cc1ccc(C(C)(C)C)cc1.Cc1ccc(C)c(C)c1.Cc1cccc(-c2ccccc2)c1.Cc1cccc(C(C)(C)C)c1.Cc1cccc(C)c1C.Cc1ccccc1-c1ccccc1.Cc1ccccc1C(C)(C)C. The van der Waals surface area contributed by atoms with Crippen LogP contribution in [0.2, 0.25) is 0 Å². The van der Waals surface area contributed by atoms with Crippen LogP contribution >= 0.6 is 0 Å². The molecular formula is C96H119N. The average Bonchev–Trinajstić information content (AvgIpc) is 1.01. The average molecular weight is 1290 g/mol. The number of hydrogen-bond acceptors (Lipinski definition) is 1. The van der Waals surface area contributed by atoms with Gasteiger partial charge in [0.1, 0.15) is 0 Å². The standard InChI is InChI=1S/2C13H12.3C11H16.C10H11N.3C9H12/c1-11-7-5-6-10-13(11)12-8-3-2-4-9-12;1-11-6-5-9-13(10-11)12-7-3-2-4-8-12;1-9-5-7-10(8-6-9)11(2,3)4;1-9-6-5-7-10(8-9)11(2,3)4;1-9-7-5-6-8-10(9)11(2,3)4;1-7-4-10(6-11)5-8(2)9(7)3;1-7-4-8(2)6-9(3)5-7;1-7-4-5-8(2)9(3)6-7;1-7-5-4-6-8(2)9(7)3/h2*2-10H,1H3;3*5-8H,1-4H3;4-5H,1-3H3;3*4-6H,1-3H3. The molecule has 508 valence electrons. The highest BCUT2D eigenvalue weighted by Gasteiger charge is 2.15. The molecule has 0 aromatic heterocycles. The van der Waals surface area contributed by atoms with E-state index in [1.807, 2.05) is 38.1 Å². The van der Waals surface area contributed by atoms with E-state index in [0.717, 1.165) is 5.56 Å². The van der Waals surface area contributed by atoms with Crippen LogP contribution in [0, 0.1) is 129 Å². The van der Waals surface area contributed by atoms with E-state index in [1.54, 1.807) is 0 Å². The lowest BCUT2D eigenvalue weighted by molar-refractivity contribution is 0.586. The maximum absolute atomic E-state index is 8.63. The van der Waals surface area contributed by atoms with Gasteiger partial charge in [-0.25, -0.2) is 0 Å². The molecule has 0 unspecified atom stereocenters. The van der Waals surface area contributed by atoms with E-state index in [2.05, 4.69) is 397 Å². The van der Waals surface area contributed by atoms with Crippen LogP contribution in [0.1, 0.15) is 179 Å². The number of hydrogen-bond donors (Lipinski definition) is 0. The van der Waals surface area contributed by atoms with Gasteiger partial charge in [0.2, 0.25) is 0 Å². The first-order valence-electron chi connectivity index (χ1n) is 34.5. The third kappa shape index (κ3) is 31.1. The molecule has 0 fully saturated rings. The maximum Gasteiger partial charge on any atom is 0.0991 e. The first-order chi connectivity index (χ1) is 45.5. The highest BCUT2D eigenvalue weighted by Crippen LogP contribution is 2.27. The van der Waals surface area contributed by atoms with E-state index in [1.165, 1.54) is 134 Å². The quantitative estimate of drug-likeness (QED) is 0.169. The number of aryl methyl sites for hydroxylation is 15. The molecule has 1 nitrogen and oxygen atoms in total. The fourth-order valence-electron chi connectivity index (χ4n) is 10.6. The van der Waals surface area contributed by atoms with Crippen LogP contribution in [0.15, 0.2) is 249 Å². The Balaban J connectivity index is 0.000000285. The molecule has 0 bridgehead atoms. The molecule has 0 saturated carbocycles. The molecule has 0 N–H and O–H groups in total. The van der Waals surface area contributed by atoms with Gasteiger partial charge in [0.05, 0.1) is 11.6 Å². The van der Waals surface area contributed by atoms with Gasteiger partial charge in [0, 0.05) is 0 Å². The van der Waals surface area contributed by atoms with Gasteiger partial charge in [-0.2, -0.15) is 5.26 Å². The van der Waals surface area contributed by atoms with Crippen LogP contribution in [0.3, 0.4) is 0 Å². The first kappa shape index (κ1) is 82.1. The van der Waals surface area contributed by atoms with Crippen LogP contribution in [-0.2, 0) is 16.2 Å². The summed E-state index contributed by atoms with van der Waals surface area (Å²) in [5, 5.41) is 8.63. The minimum Gasteiger partial charge on any atom is -0.192 e. The zero-order valence-corrected chi connectivity index (χ0v) is 64.6. The lowest BCUT2D eigenvalue weighted by atomic mass is 9.84. The Labute approximate surface area is 591 Å². The summed E-state index contributed by atoms with van der Waals surface area (Å²) in [4.78, 5) is 0. The van der Waals surface area contributed by atoms with Gasteiger partial charge in [-0.15, -0.1) is 0 Å². The van der Waals surface area contributed by atoms with Crippen molar-refractivity contribution in [3.8, 4) is 28.3 Å². The number of rotatable bonds is 2. The number of nitrogens with zero attached hydrogens (tertiary/aromatic N) is 1. The molecule has 0 amide bonds. The van der Waals surface area contributed by atoms with Crippen molar-refractivity contribution in [2.75, 3.05) is 0 Å². The van der Waals surface area contributed by atoms with Crippen LogP contribution in [-0.4, -0.2) is 0 Å². The second kappa shape index (κ2) is 40.5. The highest BCUT2D eigenvalue weighted by atomic mass is 14.2. The third-order valence-electron chi connectivity index (χ3n) is 17.1. The van der Waals surface area contributed by atoms with Crippen molar-refractivity contribution in [1.29, 1.82) is 5.26 Å². The fourth-order valence-corrected chi connectivity index (χ4v) is 10.6. The topological polar surface area (TPSA) is 23.8 Å². The minimum absolute atomic E-state index is 0.283. The molecule has 0 saturated heterocycles. The zero-order chi connectivity index (χ0) is 72.6. The van der Waals surface area contributed by atoms with E-state index in [9.17, 15) is 0 Å². The van der Waals surface area contributed by atoms with Crippen molar-refractivity contribution < 1.29 is 0 Å². The number of benzene rings is 11. The summed E-state index contributed by atoms with van der Waals surface area (Å²) in [5.41, 5.74) is 33.8. The van der Waals surface area contributed by atoms with Crippen molar-refractivity contribution in [2.45, 2.75) is 196 Å². The van der Waals surface area contributed by atoms with E-state index < -0.39 is 0 Å². The third-order valence-corrected chi connectivity index (χ3v) is 17.1. The van der Waals surface area contributed by atoms with Crippen molar-refractivity contribution in [3.05, 3.63) is 366 Å². The van der Waals surface area contributed by atoms with Gasteiger partial charge in [-0.05, 0) is 241 Å². The Hall–Kier alpha value is -9.09. The molecule has 0 heterocycles. The minimum atomic E-state index is 0.283. The van der Waals surface area contributed by atoms with Gasteiger partial charge in [-0.1, -0.05) is 338 Å². The van der Waals surface area contributed by atoms with Crippen molar-refractivity contribution in [2.24, 2.45) is 0 Å². The largest absolute Gasteiger partial charge is 0.192 e. The summed E-state index contributed by atoms with van der Waals surface area (Å²) < 4.78 is 0. The predicted molar refractivity (Wildman–Crippen MR) is 430 cm³/mol. The zero-order valence-electron chi connectivity index (χ0n) is 64.6. The highest BCUT2D eigenvalue weighted by molar-refractivity contribution is 5.67. The van der Waals surface area contributed by atoms with Gasteiger partial charge in [-0.3, -0.25) is 0 Å². The monoisotopic (exact) mass is 1290 g/mol. The molecule has 97 heavy (non-hydrogen) atoms. The van der Waals surface area contributed by atoms with Crippen molar-refractivity contribution >= 4 is 0 Å². The molecule has 0 aliphatic carbocycles. The summed E-state index contributed by atoms with van der Waals surface area (Å²) in [6, 6.07) is 89.3. The summed E-state index contributed by atoms with van der Waals surface area (Å²) in [6.45, 7) is 56.2. The van der Waals surface area contributed by atoms with E-state index in [-0.39, 0.29) is 16.2 Å². The summed E-state index contributed by atoms with van der Waals surface area (Å²) in [7, 11) is 0. The number of nitriles is 1. The maximum atomic E-state index is 8.63. The lowest BCUT2D eigenvalue weighted by Crippen LogP contribution is -2.12. The molecule has 0 aliphatic rings. The molecule has 0 radical (unpaired) electrons. The Morgan fingerprint density at radius 1 is 0.227 bits per heavy atom. The van der Waals surface area contributed by atoms with Gasteiger partial charge < -0.3 is 0 Å². The van der Waals surface area contributed by atoms with Gasteiger partial charge in [0.25, 0.3) is 0 Å². The molecule has 11 aromatic rings. The molecular weight excluding hydrogens is 1170 g/mol. The second-order valence-electron chi connectivity index (χ2n) is 29.3. The smallest absolute Gasteiger partial charge is 0.0991 e. The molecule has 0 aliphatic heterocycles. The summed E-state index contributed by atoms with van der Waals surface area (Å²) in [6.07, 6.45) is 0. The molecule has 0 spiro atoms. The van der Waals surface area contributed by atoms with E-state index >= 15 is 0 Å². The van der Waals surface area contributed by atoms with Crippen LogP contribution in [0.4, 0.5) is 0 Å². The Morgan fingerprint density at radius 2 is 0.619 bits per heavy atom. The Morgan fingerprint density at radius 3 is 1.02 bits per heavy atom. The Bertz CT molecular complexity index is 4050. The van der Waals surface area contributed by atoms with Crippen molar-refractivity contribution in [1.82, 2.24) is 0 Å². The van der Waals surface area contributed by atoms with Gasteiger partial charge >= 0.3 is 0 Å². The molecule has 1 heteroatoms. The summed E-state index contributed by atoms with van der Waals surface area (Å²) >= 11 is 0. The first-order valence-corrected chi connectivity index (χ1v) is 34.5. The summed E-state index contributed by atoms with van der Waals surface area (Å²) in [5.74, 6) is 0. The van der Waals surface area contributed by atoms with Crippen LogP contribution in [0.5, 0.6) is 0 Å². The molecule has 11 rings (SSSR count). The second-order valence-corrected chi connectivity index (χ2v) is 29.3. The fraction of sp³-hybridized carbons (Fsp3) is 0.302. The van der Waals surface area contributed by atoms with E-state index in [0.29, 0.717) is 0 Å². The molecule has 11 aromatic carbocycles. The Kier molecular flexibility index (Phi) is 34.3.